The van der Waals surface area contributed by atoms with Crippen LogP contribution in [0.25, 0.3) is 0 Å². The molecule has 0 amide bonds. The van der Waals surface area contributed by atoms with Crippen molar-refractivity contribution in [3.8, 4) is 0 Å². The van der Waals surface area contributed by atoms with Crippen molar-refractivity contribution in [3.63, 3.8) is 0 Å². The fourth-order valence-electron chi connectivity index (χ4n) is 0.500. The van der Waals surface area contributed by atoms with E-state index in [0.717, 1.165) is 0 Å². The zero-order valence-electron chi connectivity index (χ0n) is 6.42. The molecule has 0 aromatic heterocycles. The van der Waals surface area contributed by atoms with Crippen LogP contribution in [0.5, 0.6) is 0 Å². The predicted octanol–water partition coefficient (Wildman–Crippen LogP) is 1.01. The molecule has 0 heterocycles. The molecule has 0 aliphatic rings. The molecule has 0 aromatic carbocycles. The first kappa shape index (κ1) is 12.8. The zero-order chi connectivity index (χ0) is 7.33. The second kappa shape index (κ2) is 5.88. The minimum absolute atomic E-state index is 0. The Hall–Kier alpha value is 0.127. The lowest BCUT2D eigenvalue weighted by atomic mass is 11.3. The third-order valence-corrected chi connectivity index (χ3v) is 3.31. The second-order valence-corrected chi connectivity index (χ2v) is 4.26. The Kier molecular flexibility index (Phi) is 7.51. The van der Waals surface area contributed by atoms with Gasteiger partial charge in [-0.25, -0.2) is 0 Å². The van der Waals surface area contributed by atoms with Crippen LogP contribution >= 0.6 is 12.4 Å². The average Bonchev–Trinajstić information content (AvgIpc) is 1.95. The van der Waals surface area contributed by atoms with Gasteiger partial charge in [-0.15, -0.1) is 12.4 Å². The van der Waals surface area contributed by atoms with Crippen molar-refractivity contribution in [3.05, 3.63) is 12.3 Å². The van der Waals surface area contributed by atoms with E-state index in [1.54, 1.807) is 27.0 Å². The van der Waals surface area contributed by atoms with Crippen LogP contribution in [-0.4, -0.2) is 30.1 Å². The predicted molar refractivity (Wildman–Crippen MR) is 44.2 cm³/mol. The first-order valence-electron chi connectivity index (χ1n) is 2.53. The maximum Gasteiger partial charge on any atom is 0.528 e. The average molecular weight is 185 g/mol. The molecule has 62 valence electrons. The topological polar surface area (TPSA) is 27.7 Å². The van der Waals surface area contributed by atoms with E-state index in [2.05, 4.69) is 6.58 Å². The van der Waals surface area contributed by atoms with Gasteiger partial charge in [0, 0.05) is 21.3 Å². The van der Waals surface area contributed by atoms with Crippen LogP contribution in [-0.2, 0) is 13.3 Å². The van der Waals surface area contributed by atoms with Crippen molar-refractivity contribution in [2.45, 2.75) is 0 Å². The fraction of sp³-hybridized carbons (Fsp3) is 0.600. The minimum atomic E-state index is -2.43. The molecule has 10 heavy (non-hydrogen) atoms. The second-order valence-electron chi connectivity index (χ2n) is 1.42. The quantitative estimate of drug-likeness (QED) is 0.611. The summed E-state index contributed by atoms with van der Waals surface area (Å²) in [5.74, 6) is 0. The van der Waals surface area contributed by atoms with Gasteiger partial charge in [-0.2, -0.15) is 0 Å². The van der Waals surface area contributed by atoms with Gasteiger partial charge < -0.3 is 13.3 Å². The fourth-order valence-corrected chi connectivity index (χ4v) is 1.50. The molecule has 0 spiro atoms. The Morgan fingerprint density at radius 2 is 1.40 bits per heavy atom. The molecule has 3 nitrogen and oxygen atoms in total. The lowest BCUT2D eigenvalue weighted by Crippen LogP contribution is -2.40. The summed E-state index contributed by atoms with van der Waals surface area (Å²) < 4.78 is 14.9. The zero-order valence-corrected chi connectivity index (χ0v) is 8.23. The Labute approximate surface area is 68.8 Å². The van der Waals surface area contributed by atoms with E-state index in [-0.39, 0.29) is 12.4 Å². The van der Waals surface area contributed by atoms with E-state index in [0.29, 0.717) is 0 Å². The van der Waals surface area contributed by atoms with Crippen molar-refractivity contribution < 1.29 is 13.3 Å². The van der Waals surface area contributed by atoms with Crippen LogP contribution in [0, 0.1) is 0 Å². The first-order chi connectivity index (χ1) is 4.24. The van der Waals surface area contributed by atoms with Gasteiger partial charge in [-0.1, -0.05) is 6.58 Å². The molecule has 0 saturated carbocycles. The standard InChI is InChI=1S/C5H12O3Si.ClH/c1-5-9(6-2,7-3)8-4;/h5H,1H2,2-4H3;1H. The smallest absolute Gasteiger partial charge is 0.374 e. The largest absolute Gasteiger partial charge is 0.528 e. The van der Waals surface area contributed by atoms with Crippen LogP contribution < -0.4 is 0 Å². The third-order valence-electron chi connectivity index (χ3n) is 1.10. The Balaban J connectivity index is 0. The van der Waals surface area contributed by atoms with Crippen molar-refractivity contribution in [2.24, 2.45) is 0 Å². The van der Waals surface area contributed by atoms with Gasteiger partial charge in [0.25, 0.3) is 0 Å². The van der Waals surface area contributed by atoms with Gasteiger partial charge in [0.1, 0.15) is 0 Å². The van der Waals surface area contributed by atoms with Crippen molar-refractivity contribution in [2.75, 3.05) is 21.3 Å². The molecule has 0 fully saturated rings. The highest BCUT2D eigenvalue weighted by molar-refractivity contribution is 6.66. The monoisotopic (exact) mass is 184 g/mol. The molecule has 0 radical (unpaired) electrons. The van der Waals surface area contributed by atoms with E-state index in [1.807, 2.05) is 0 Å². The normalized spacial score (nSPS) is 10.3. The summed E-state index contributed by atoms with van der Waals surface area (Å²) in [7, 11) is 2.20. The minimum Gasteiger partial charge on any atom is -0.374 e. The molecule has 5 heteroatoms. The lowest BCUT2D eigenvalue weighted by molar-refractivity contribution is 0.138. The summed E-state index contributed by atoms with van der Waals surface area (Å²) in [4.78, 5) is 0. The molecule has 0 rings (SSSR count). The van der Waals surface area contributed by atoms with E-state index in [1.165, 1.54) is 0 Å². The first-order valence-corrected chi connectivity index (χ1v) is 4.34. The number of hydrogen-bond donors (Lipinski definition) is 0. The summed E-state index contributed by atoms with van der Waals surface area (Å²) in [6.45, 7) is 3.53. The van der Waals surface area contributed by atoms with E-state index in [4.69, 9.17) is 13.3 Å². The number of halogens is 1. The highest BCUT2D eigenvalue weighted by Crippen LogP contribution is 2.04. The highest BCUT2D eigenvalue weighted by Gasteiger charge is 2.33. The van der Waals surface area contributed by atoms with Gasteiger partial charge in [0.15, 0.2) is 0 Å². The van der Waals surface area contributed by atoms with Gasteiger partial charge in [0.05, 0.1) is 0 Å². The van der Waals surface area contributed by atoms with E-state index < -0.39 is 8.80 Å². The molecule has 0 unspecified atom stereocenters. The van der Waals surface area contributed by atoms with Gasteiger partial charge in [0.2, 0.25) is 0 Å². The van der Waals surface area contributed by atoms with Gasteiger partial charge >= 0.3 is 8.80 Å². The maximum atomic E-state index is 4.96. The molecule has 0 atom stereocenters. The molecular weight excluding hydrogens is 172 g/mol. The maximum absolute atomic E-state index is 4.96. The molecular formula is C5H13ClO3Si. The molecule has 0 aliphatic carbocycles. The summed E-state index contributed by atoms with van der Waals surface area (Å²) in [5, 5.41) is 0. The molecule has 0 aliphatic heterocycles. The Bertz CT molecular complexity index is 86.6. The molecule has 0 bridgehead atoms. The van der Waals surface area contributed by atoms with Crippen LogP contribution in [0.3, 0.4) is 0 Å². The Morgan fingerprint density at radius 3 is 1.40 bits per heavy atom. The van der Waals surface area contributed by atoms with Crippen LogP contribution in [0.2, 0.25) is 0 Å². The highest BCUT2D eigenvalue weighted by atomic mass is 35.5. The summed E-state index contributed by atoms with van der Waals surface area (Å²) >= 11 is 0. The summed E-state index contributed by atoms with van der Waals surface area (Å²) in [5.41, 5.74) is 1.58. The van der Waals surface area contributed by atoms with Crippen molar-refractivity contribution in [1.29, 1.82) is 0 Å². The van der Waals surface area contributed by atoms with Crippen LogP contribution in [0.4, 0.5) is 0 Å². The van der Waals surface area contributed by atoms with Crippen LogP contribution in [0.1, 0.15) is 0 Å². The Morgan fingerprint density at radius 1 is 1.10 bits per heavy atom. The van der Waals surface area contributed by atoms with Gasteiger partial charge in [-0.05, 0) is 5.70 Å². The lowest BCUT2D eigenvalue weighted by Gasteiger charge is -2.19. The third kappa shape index (κ3) is 2.81. The van der Waals surface area contributed by atoms with Gasteiger partial charge in [-0.3, -0.25) is 0 Å². The number of rotatable bonds is 4. The number of hydrogen-bond acceptors (Lipinski definition) is 3. The summed E-state index contributed by atoms with van der Waals surface area (Å²) in [6, 6.07) is 0. The van der Waals surface area contributed by atoms with Crippen molar-refractivity contribution in [1.82, 2.24) is 0 Å². The van der Waals surface area contributed by atoms with Crippen LogP contribution in [0.15, 0.2) is 12.3 Å². The van der Waals surface area contributed by atoms with E-state index in [9.17, 15) is 0 Å². The van der Waals surface area contributed by atoms with E-state index >= 15 is 0 Å². The molecule has 0 N–H and O–H groups in total. The summed E-state index contributed by atoms with van der Waals surface area (Å²) in [6.07, 6.45) is 0. The molecule has 0 aromatic rings. The SMILES string of the molecule is C=C[Si](OC)(OC)OC.Cl. The molecule has 0 saturated heterocycles. The van der Waals surface area contributed by atoms with Crippen molar-refractivity contribution >= 4 is 21.2 Å².